The number of carbonyl (C=O) groups excluding carboxylic acids is 2. The van der Waals surface area contributed by atoms with E-state index in [9.17, 15) is 23.2 Å². The Morgan fingerprint density at radius 2 is 1.79 bits per heavy atom. The first-order valence-electron chi connectivity index (χ1n) is 8.64. The van der Waals surface area contributed by atoms with Crippen molar-refractivity contribution in [2.45, 2.75) is 19.5 Å². The maximum absolute atomic E-state index is 12.1. The van der Waals surface area contributed by atoms with Crippen molar-refractivity contribution in [3.8, 4) is 5.75 Å². The smallest absolute Gasteiger partial charge is 0.387 e. The number of ketones is 1. The maximum Gasteiger partial charge on any atom is 0.387 e. The predicted octanol–water partition coefficient (Wildman–Crippen LogP) is 2.88. The maximum atomic E-state index is 12.1. The number of aromatic amines is 1. The van der Waals surface area contributed by atoms with Crippen LogP contribution >= 0.6 is 0 Å². The van der Waals surface area contributed by atoms with E-state index in [2.05, 4.69) is 14.7 Å². The molecule has 0 radical (unpaired) electrons. The molecule has 0 aliphatic rings. The van der Waals surface area contributed by atoms with Gasteiger partial charge in [0.1, 0.15) is 11.6 Å². The Hall–Kier alpha value is -3.62. The zero-order valence-electron chi connectivity index (χ0n) is 15.1. The number of alkyl halides is 2. The third-order valence-corrected chi connectivity index (χ3v) is 3.99. The second-order valence-electron chi connectivity index (χ2n) is 6.02. The number of aryl methyl sites for hydroxylation is 1. The van der Waals surface area contributed by atoms with Crippen molar-refractivity contribution in [2.24, 2.45) is 0 Å². The first kappa shape index (κ1) is 20.1. The molecule has 0 bridgehead atoms. The fraction of sp³-hybridized carbons (Fsp3) is 0.200. The van der Waals surface area contributed by atoms with Gasteiger partial charge in [0.15, 0.2) is 12.4 Å². The lowest BCUT2D eigenvalue weighted by atomic mass is 10.1. The molecule has 1 heterocycles. The summed E-state index contributed by atoms with van der Waals surface area (Å²) in [6, 6.07) is 11.9. The largest absolute Gasteiger partial charge is 0.457 e. The molecule has 150 valence electrons. The van der Waals surface area contributed by atoms with Gasteiger partial charge in [-0.15, -0.1) is 0 Å². The number of para-hydroxylation sites is 1. The highest BCUT2D eigenvalue weighted by Crippen LogP contribution is 2.15. The van der Waals surface area contributed by atoms with Crippen LogP contribution in [0.25, 0.3) is 10.9 Å². The highest BCUT2D eigenvalue weighted by atomic mass is 19.3. The first-order valence-corrected chi connectivity index (χ1v) is 8.64. The molecule has 9 heteroatoms. The van der Waals surface area contributed by atoms with Gasteiger partial charge in [-0.3, -0.25) is 14.4 Å². The number of nitrogens with one attached hydrogen (secondary N) is 1. The zero-order valence-corrected chi connectivity index (χ0v) is 15.1. The minimum Gasteiger partial charge on any atom is -0.457 e. The van der Waals surface area contributed by atoms with Gasteiger partial charge in [-0.05, 0) is 36.4 Å². The number of H-pyrrole nitrogens is 1. The molecule has 0 unspecified atom stereocenters. The lowest BCUT2D eigenvalue weighted by molar-refractivity contribution is -0.142. The van der Waals surface area contributed by atoms with Crippen LogP contribution < -0.4 is 10.3 Å². The lowest BCUT2D eigenvalue weighted by Gasteiger charge is -2.07. The van der Waals surface area contributed by atoms with E-state index in [0.29, 0.717) is 16.7 Å². The van der Waals surface area contributed by atoms with Crippen molar-refractivity contribution in [3.05, 3.63) is 70.3 Å². The number of Topliss-reactive ketones (excluding diaryl/α,β-unsaturated/α-hetero) is 1. The molecule has 0 fully saturated rings. The van der Waals surface area contributed by atoms with E-state index in [0.717, 1.165) is 0 Å². The van der Waals surface area contributed by atoms with Crippen LogP contribution in [-0.2, 0) is 16.0 Å². The Balaban J connectivity index is 1.51. The van der Waals surface area contributed by atoms with Gasteiger partial charge in [-0.1, -0.05) is 12.1 Å². The van der Waals surface area contributed by atoms with E-state index < -0.39 is 25.0 Å². The Bertz CT molecular complexity index is 1080. The quantitative estimate of drug-likeness (QED) is 0.460. The average Bonchev–Trinajstić information content (AvgIpc) is 2.70. The number of carbonyl (C=O) groups is 2. The molecular weight excluding hydrogens is 386 g/mol. The van der Waals surface area contributed by atoms with E-state index in [4.69, 9.17) is 4.74 Å². The van der Waals surface area contributed by atoms with E-state index >= 15 is 0 Å². The van der Waals surface area contributed by atoms with Gasteiger partial charge in [0.25, 0.3) is 5.56 Å². The van der Waals surface area contributed by atoms with Gasteiger partial charge in [0.05, 0.1) is 17.3 Å². The number of esters is 1. The van der Waals surface area contributed by atoms with E-state index in [1.165, 1.54) is 24.3 Å². The number of ether oxygens (including phenoxy) is 2. The van der Waals surface area contributed by atoms with Crippen LogP contribution in [0.5, 0.6) is 5.75 Å². The molecule has 1 aromatic heterocycles. The number of halogens is 2. The summed E-state index contributed by atoms with van der Waals surface area (Å²) in [6.07, 6.45) is 0.0719. The van der Waals surface area contributed by atoms with Gasteiger partial charge in [-0.2, -0.15) is 8.78 Å². The molecule has 0 amide bonds. The molecule has 0 saturated heterocycles. The van der Waals surface area contributed by atoms with Crippen LogP contribution in [0.4, 0.5) is 8.78 Å². The Morgan fingerprint density at radius 3 is 2.52 bits per heavy atom. The summed E-state index contributed by atoms with van der Waals surface area (Å²) in [5.41, 5.74) is 0.419. The van der Waals surface area contributed by atoms with Crippen molar-refractivity contribution in [1.29, 1.82) is 0 Å². The van der Waals surface area contributed by atoms with Gasteiger partial charge >= 0.3 is 12.6 Å². The van der Waals surface area contributed by atoms with Crippen LogP contribution in [0, 0.1) is 0 Å². The number of hydrogen-bond acceptors (Lipinski definition) is 6. The van der Waals surface area contributed by atoms with Gasteiger partial charge in [-0.25, -0.2) is 4.98 Å². The van der Waals surface area contributed by atoms with Crippen molar-refractivity contribution < 1.29 is 27.8 Å². The second kappa shape index (κ2) is 9.05. The van der Waals surface area contributed by atoms with Crippen LogP contribution in [0.1, 0.15) is 22.6 Å². The summed E-state index contributed by atoms with van der Waals surface area (Å²) in [5, 5.41) is 0.453. The first-order chi connectivity index (χ1) is 13.9. The van der Waals surface area contributed by atoms with Crippen molar-refractivity contribution in [1.82, 2.24) is 9.97 Å². The molecule has 7 nitrogen and oxygen atoms in total. The summed E-state index contributed by atoms with van der Waals surface area (Å²) in [6.45, 7) is -3.44. The number of aromatic nitrogens is 2. The molecule has 0 aliphatic carbocycles. The fourth-order valence-electron chi connectivity index (χ4n) is 2.60. The van der Waals surface area contributed by atoms with Gasteiger partial charge < -0.3 is 14.5 Å². The Kier molecular flexibility index (Phi) is 6.28. The normalized spacial score (nSPS) is 10.9. The lowest BCUT2D eigenvalue weighted by Crippen LogP contribution is -2.16. The van der Waals surface area contributed by atoms with Crippen LogP contribution in [-0.4, -0.2) is 34.9 Å². The number of fused-ring (bicyclic) bond motifs is 1. The predicted molar refractivity (Wildman–Crippen MR) is 99.0 cm³/mol. The number of hydrogen-bond donors (Lipinski definition) is 1. The topological polar surface area (TPSA) is 98.4 Å². The van der Waals surface area contributed by atoms with Crippen molar-refractivity contribution in [3.63, 3.8) is 0 Å². The molecule has 0 atom stereocenters. The molecule has 3 aromatic rings. The van der Waals surface area contributed by atoms with E-state index in [1.54, 1.807) is 24.3 Å². The molecule has 0 aliphatic heterocycles. The average molecular weight is 402 g/mol. The molecule has 0 spiro atoms. The zero-order chi connectivity index (χ0) is 20.8. The summed E-state index contributed by atoms with van der Waals surface area (Å²) >= 11 is 0. The molecular formula is C20H16F2N2O5. The minimum atomic E-state index is -2.95. The highest BCUT2D eigenvalue weighted by Gasteiger charge is 2.12. The monoisotopic (exact) mass is 402 g/mol. The molecule has 0 saturated carbocycles. The number of benzene rings is 2. The van der Waals surface area contributed by atoms with Crippen LogP contribution in [0.15, 0.2) is 53.3 Å². The molecule has 3 rings (SSSR count). The van der Waals surface area contributed by atoms with Gasteiger partial charge in [0, 0.05) is 12.0 Å². The number of nitrogens with zero attached hydrogens (tertiary/aromatic N) is 1. The third-order valence-electron chi connectivity index (χ3n) is 3.99. The minimum absolute atomic E-state index is 0.0737. The Labute approximate surface area is 163 Å². The summed E-state index contributed by atoms with van der Waals surface area (Å²) in [4.78, 5) is 42.8. The van der Waals surface area contributed by atoms with Crippen molar-refractivity contribution in [2.75, 3.05) is 6.61 Å². The van der Waals surface area contributed by atoms with Gasteiger partial charge in [0.2, 0.25) is 0 Å². The van der Waals surface area contributed by atoms with Crippen LogP contribution in [0.3, 0.4) is 0 Å². The fourth-order valence-corrected chi connectivity index (χ4v) is 2.60. The summed E-state index contributed by atoms with van der Waals surface area (Å²) in [5.74, 6) is -0.858. The number of rotatable bonds is 8. The highest BCUT2D eigenvalue weighted by molar-refractivity contribution is 5.98. The molecule has 1 N–H and O–H groups in total. The van der Waals surface area contributed by atoms with E-state index in [-0.39, 0.29) is 29.7 Å². The van der Waals surface area contributed by atoms with E-state index in [1.807, 2.05) is 0 Å². The second-order valence-corrected chi connectivity index (χ2v) is 6.02. The summed E-state index contributed by atoms with van der Waals surface area (Å²) < 4.78 is 33.4. The molecule has 2 aromatic carbocycles. The SMILES string of the molecule is O=C(CCc1nc2ccccc2c(=O)[nH]1)OCC(=O)c1ccc(OC(F)F)cc1. The third kappa shape index (κ3) is 5.44. The Morgan fingerprint density at radius 1 is 1.07 bits per heavy atom. The summed E-state index contributed by atoms with van der Waals surface area (Å²) in [7, 11) is 0. The molecule has 29 heavy (non-hydrogen) atoms. The van der Waals surface area contributed by atoms with Crippen LogP contribution in [0.2, 0.25) is 0 Å². The standard InChI is InChI=1S/C20H16F2N2O5/c21-20(22)29-13-7-5-12(6-8-13)16(25)11-28-18(26)10-9-17-23-15-4-2-1-3-14(15)19(27)24-17/h1-8,20H,9-11H2,(H,23,24,27). The van der Waals surface area contributed by atoms with Crippen molar-refractivity contribution >= 4 is 22.7 Å².